The Morgan fingerprint density at radius 1 is 1.00 bits per heavy atom. The minimum absolute atomic E-state index is 0.427. The summed E-state index contributed by atoms with van der Waals surface area (Å²) in [4.78, 5) is 0. The molecular formula is C15H13NO2. The molecule has 3 heteroatoms. The summed E-state index contributed by atoms with van der Waals surface area (Å²) in [5.74, 6) is 1.07. The maximum Gasteiger partial charge on any atom is 0.141 e. The Morgan fingerprint density at radius 3 is 2.39 bits per heavy atom. The number of methoxy groups -OCH3 is 1. The van der Waals surface area contributed by atoms with Crippen molar-refractivity contribution in [3.63, 3.8) is 0 Å². The standard InChI is InChI=1S/C15H13NO2/c1-17-14-8-5-9-15(13(14)10-16)18-11-12-6-3-2-4-7-12/h2-9H,11H2,1H3. The van der Waals surface area contributed by atoms with Gasteiger partial charge in [-0.25, -0.2) is 0 Å². The van der Waals surface area contributed by atoms with Crippen LogP contribution in [0.25, 0.3) is 0 Å². The van der Waals surface area contributed by atoms with E-state index in [9.17, 15) is 0 Å². The van der Waals surface area contributed by atoms with Gasteiger partial charge in [0.15, 0.2) is 0 Å². The van der Waals surface area contributed by atoms with Crippen LogP contribution >= 0.6 is 0 Å². The van der Waals surface area contributed by atoms with Crippen LogP contribution in [0.3, 0.4) is 0 Å². The fraction of sp³-hybridized carbons (Fsp3) is 0.133. The molecule has 0 bridgehead atoms. The fourth-order valence-electron chi connectivity index (χ4n) is 1.65. The Morgan fingerprint density at radius 2 is 1.72 bits per heavy atom. The highest BCUT2D eigenvalue weighted by molar-refractivity contribution is 5.52. The zero-order valence-electron chi connectivity index (χ0n) is 10.1. The van der Waals surface area contributed by atoms with Gasteiger partial charge in [-0.15, -0.1) is 0 Å². The van der Waals surface area contributed by atoms with Gasteiger partial charge in [-0.3, -0.25) is 0 Å². The SMILES string of the molecule is COc1cccc(OCc2ccccc2)c1C#N. The van der Waals surface area contributed by atoms with E-state index in [1.54, 1.807) is 18.2 Å². The number of rotatable bonds is 4. The van der Waals surface area contributed by atoms with Crippen LogP contribution in [-0.2, 0) is 6.61 Å². The van der Waals surface area contributed by atoms with Gasteiger partial charge in [0.05, 0.1) is 7.11 Å². The summed E-state index contributed by atoms with van der Waals surface area (Å²) in [7, 11) is 1.54. The number of ether oxygens (including phenoxy) is 2. The van der Waals surface area contributed by atoms with E-state index >= 15 is 0 Å². The third-order valence-corrected chi connectivity index (χ3v) is 2.56. The van der Waals surface area contributed by atoms with Crippen LogP contribution in [0, 0.1) is 11.3 Å². The van der Waals surface area contributed by atoms with E-state index in [4.69, 9.17) is 14.7 Å². The molecule has 0 aliphatic rings. The van der Waals surface area contributed by atoms with E-state index in [1.807, 2.05) is 30.3 Å². The first-order chi connectivity index (χ1) is 8.85. The van der Waals surface area contributed by atoms with Crippen molar-refractivity contribution in [3.8, 4) is 17.6 Å². The van der Waals surface area contributed by atoms with E-state index < -0.39 is 0 Å². The lowest BCUT2D eigenvalue weighted by Crippen LogP contribution is -1.98. The Kier molecular flexibility index (Phi) is 3.83. The minimum Gasteiger partial charge on any atom is -0.495 e. The molecule has 3 nitrogen and oxygen atoms in total. The number of benzene rings is 2. The average molecular weight is 239 g/mol. The van der Waals surface area contributed by atoms with Crippen molar-refractivity contribution in [3.05, 3.63) is 59.7 Å². The highest BCUT2D eigenvalue weighted by Gasteiger charge is 2.09. The predicted octanol–water partition coefficient (Wildman–Crippen LogP) is 3.15. The van der Waals surface area contributed by atoms with Gasteiger partial charge >= 0.3 is 0 Å². The van der Waals surface area contributed by atoms with Gasteiger partial charge in [0.1, 0.15) is 29.7 Å². The fourth-order valence-corrected chi connectivity index (χ4v) is 1.65. The minimum atomic E-state index is 0.427. The molecule has 0 unspecified atom stereocenters. The highest BCUT2D eigenvalue weighted by atomic mass is 16.5. The Bertz CT molecular complexity index is 558. The lowest BCUT2D eigenvalue weighted by atomic mass is 10.2. The van der Waals surface area contributed by atoms with Crippen LogP contribution < -0.4 is 9.47 Å². The van der Waals surface area contributed by atoms with E-state index in [0.717, 1.165) is 5.56 Å². The first-order valence-electron chi connectivity index (χ1n) is 5.59. The molecule has 0 aliphatic heterocycles. The van der Waals surface area contributed by atoms with Crippen molar-refractivity contribution < 1.29 is 9.47 Å². The van der Waals surface area contributed by atoms with Crippen LogP contribution in [0.1, 0.15) is 11.1 Å². The molecule has 18 heavy (non-hydrogen) atoms. The molecule has 0 radical (unpaired) electrons. The first-order valence-corrected chi connectivity index (χ1v) is 5.59. The smallest absolute Gasteiger partial charge is 0.141 e. The average Bonchev–Trinajstić information content (AvgIpc) is 2.45. The maximum atomic E-state index is 9.12. The first kappa shape index (κ1) is 12.0. The summed E-state index contributed by atoms with van der Waals surface area (Å²) in [5, 5.41) is 9.12. The normalized spacial score (nSPS) is 9.56. The van der Waals surface area contributed by atoms with Gasteiger partial charge in [0, 0.05) is 0 Å². The molecule has 0 saturated carbocycles. The van der Waals surface area contributed by atoms with Gasteiger partial charge in [-0.05, 0) is 17.7 Å². The molecule has 0 atom stereocenters. The summed E-state index contributed by atoms with van der Waals surface area (Å²) >= 11 is 0. The van der Waals surface area contributed by atoms with Crippen molar-refractivity contribution >= 4 is 0 Å². The van der Waals surface area contributed by atoms with Crippen molar-refractivity contribution in [1.29, 1.82) is 5.26 Å². The molecule has 2 rings (SSSR count). The Balaban J connectivity index is 2.17. The number of hydrogen-bond acceptors (Lipinski definition) is 3. The van der Waals surface area contributed by atoms with Gasteiger partial charge in [-0.2, -0.15) is 5.26 Å². The molecule has 0 amide bonds. The number of hydrogen-bond donors (Lipinski definition) is 0. The van der Waals surface area contributed by atoms with Crippen LogP contribution in [-0.4, -0.2) is 7.11 Å². The molecule has 0 spiro atoms. The summed E-state index contributed by atoms with van der Waals surface area (Å²) in [6.07, 6.45) is 0. The third-order valence-electron chi connectivity index (χ3n) is 2.56. The summed E-state index contributed by atoms with van der Waals surface area (Å²) < 4.78 is 10.8. The molecule has 0 saturated heterocycles. The van der Waals surface area contributed by atoms with E-state index in [0.29, 0.717) is 23.7 Å². The van der Waals surface area contributed by atoms with E-state index in [-0.39, 0.29) is 0 Å². The van der Waals surface area contributed by atoms with Crippen molar-refractivity contribution in [2.75, 3.05) is 7.11 Å². The van der Waals surface area contributed by atoms with Gasteiger partial charge in [0.25, 0.3) is 0 Å². The second kappa shape index (κ2) is 5.74. The van der Waals surface area contributed by atoms with E-state index in [2.05, 4.69) is 6.07 Å². The third kappa shape index (κ3) is 2.61. The van der Waals surface area contributed by atoms with Crippen LogP contribution in [0.2, 0.25) is 0 Å². The van der Waals surface area contributed by atoms with Gasteiger partial charge in [0.2, 0.25) is 0 Å². The number of nitrogens with zero attached hydrogens (tertiary/aromatic N) is 1. The molecule has 2 aromatic carbocycles. The molecule has 90 valence electrons. The summed E-state index contributed by atoms with van der Waals surface area (Å²) in [6.45, 7) is 0.433. The maximum absolute atomic E-state index is 9.12. The second-order valence-electron chi connectivity index (χ2n) is 3.72. The molecule has 0 aliphatic carbocycles. The van der Waals surface area contributed by atoms with Crippen molar-refractivity contribution in [2.24, 2.45) is 0 Å². The number of nitriles is 1. The zero-order valence-corrected chi connectivity index (χ0v) is 10.1. The lowest BCUT2D eigenvalue weighted by Gasteiger charge is -2.10. The van der Waals surface area contributed by atoms with Crippen LogP contribution in [0.15, 0.2) is 48.5 Å². The van der Waals surface area contributed by atoms with Crippen molar-refractivity contribution in [1.82, 2.24) is 0 Å². The summed E-state index contributed by atoms with van der Waals surface area (Å²) in [6, 6.07) is 17.2. The lowest BCUT2D eigenvalue weighted by molar-refractivity contribution is 0.302. The Labute approximate surface area is 106 Å². The molecule has 0 aromatic heterocycles. The largest absolute Gasteiger partial charge is 0.495 e. The summed E-state index contributed by atoms with van der Waals surface area (Å²) in [5.41, 5.74) is 1.49. The monoisotopic (exact) mass is 239 g/mol. The second-order valence-corrected chi connectivity index (χ2v) is 3.72. The molecule has 2 aromatic rings. The molecule has 0 N–H and O–H groups in total. The van der Waals surface area contributed by atoms with Gasteiger partial charge < -0.3 is 9.47 Å². The topological polar surface area (TPSA) is 42.2 Å². The van der Waals surface area contributed by atoms with Crippen LogP contribution in [0.5, 0.6) is 11.5 Å². The van der Waals surface area contributed by atoms with Crippen molar-refractivity contribution in [2.45, 2.75) is 6.61 Å². The zero-order chi connectivity index (χ0) is 12.8. The van der Waals surface area contributed by atoms with Crippen LogP contribution in [0.4, 0.5) is 0 Å². The van der Waals surface area contributed by atoms with E-state index in [1.165, 1.54) is 7.11 Å². The highest BCUT2D eigenvalue weighted by Crippen LogP contribution is 2.27. The molecular weight excluding hydrogens is 226 g/mol. The predicted molar refractivity (Wildman–Crippen MR) is 68.5 cm³/mol. The molecule has 0 fully saturated rings. The van der Waals surface area contributed by atoms with Gasteiger partial charge in [-0.1, -0.05) is 36.4 Å². The molecule has 0 heterocycles. The Hall–Kier alpha value is -2.47. The quantitative estimate of drug-likeness (QED) is 0.823.